The molecule has 90 valence electrons. The van der Waals surface area contributed by atoms with Crippen molar-refractivity contribution < 1.29 is 13.9 Å². The van der Waals surface area contributed by atoms with Gasteiger partial charge in [0.1, 0.15) is 5.82 Å². The predicted molar refractivity (Wildman–Crippen MR) is 61.3 cm³/mol. The van der Waals surface area contributed by atoms with Gasteiger partial charge in [-0.2, -0.15) is 0 Å². The van der Waals surface area contributed by atoms with E-state index < -0.39 is 0 Å². The highest BCUT2D eigenvalue weighted by molar-refractivity contribution is 5.44. The van der Waals surface area contributed by atoms with Crippen LogP contribution < -0.4 is 15.2 Å². The van der Waals surface area contributed by atoms with Crippen molar-refractivity contribution in [3.63, 3.8) is 0 Å². The Balaban J connectivity index is 3.10. The molecule has 0 saturated carbocycles. The van der Waals surface area contributed by atoms with E-state index in [1.807, 2.05) is 6.92 Å². The highest BCUT2D eigenvalue weighted by Gasteiger charge is 2.15. The third kappa shape index (κ3) is 2.64. The minimum Gasteiger partial charge on any atom is -0.493 e. The van der Waals surface area contributed by atoms with Crippen LogP contribution in [0.1, 0.15) is 31.4 Å². The first-order chi connectivity index (χ1) is 7.63. The molecule has 4 heteroatoms. The summed E-state index contributed by atoms with van der Waals surface area (Å²) >= 11 is 0. The van der Waals surface area contributed by atoms with Gasteiger partial charge in [-0.15, -0.1) is 0 Å². The van der Waals surface area contributed by atoms with E-state index in [1.54, 1.807) is 6.07 Å². The molecule has 1 unspecified atom stereocenters. The minimum atomic E-state index is -0.349. The van der Waals surface area contributed by atoms with Crippen LogP contribution in [0, 0.1) is 5.82 Å². The maximum atomic E-state index is 13.7. The zero-order valence-corrected chi connectivity index (χ0v) is 9.92. The Morgan fingerprint density at radius 3 is 2.31 bits per heavy atom. The molecular weight excluding hydrogens is 209 g/mol. The van der Waals surface area contributed by atoms with Gasteiger partial charge in [-0.05, 0) is 12.5 Å². The summed E-state index contributed by atoms with van der Waals surface area (Å²) < 4.78 is 23.8. The van der Waals surface area contributed by atoms with Crippen molar-refractivity contribution in [3.05, 3.63) is 23.5 Å². The summed E-state index contributed by atoms with van der Waals surface area (Å²) in [5.41, 5.74) is 6.36. The molecule has 0 aliphatic carbocycles. The minimum absolute atomic E-state index is 0.301. The smallest absolute Gasteiger partial charge is 0.163 e. The number of hydrogen-bond acceptors (Lipinski definition) is 3. The zero-order valence-electron chi connectivity index (χ0n) is 9.92. The highest BCUT2D eigenvalue weighted by Crippen LogP contribution is 2.32. The second-order valence-electron chi connectivity index (χ2n) is 3.62. The van der Waals surface area contributed by atoms with E-state index >= 15 is 0 Å². The number of nitrogens with two attached hydrogens (primary N) is 1. The van der Waals surface area contributed by atoms with Gasteiger partial charge in [-0.3, -0.25) is 0 Å². The normalized spacial score (nSPS) is 12.3. The molecule has 0 aromatic heterocycles. The van der Waals surface area contributed by atoms with Crippen molar-refractivity contribution in [1.82, 2.24) is 0 Å². The van der Waals surface area contributed by atoms with Crippen molar-refractivity contribution in [2.45, 2.75) is 25.8 Å². The van der Waals surface area contributed by atoms with Crippen LogP contribution >= 0.6 is 0 Å². The fourth-order valence-corrected chi connectivity index (χ4v) is 1.62. The van der Waals surface area contributed by atoms with E-state index in [0.29, 0.717) is 17.1 Å². The molecule has 1 atom stereocenters. The molecule has 16 heavy (non-hydrogen) atoms. The van der Waals surface area contributed by atoms with E-state index in [0.717, 1.165) is 12.8 Å². The SMILES string of the molecule is CCCC(N)c1cc(OC)c(OC)cc1F. The Morgan fingerprint density at radius 1 is 1.25 bits per heavy atom. The van der Waals surface area contributed by atoms with Gasteiger partial charge in [0.15, 0.2) is 11.5 Å². The van der Waals surface area contributed by atoms with Gasteiger partial charge in [-0.25, -0.2) is 4.39 Å². The average molecular weight is 227 g/mol. The third-order valence-electron chi connectivity index (χ3n) is 2.50. The van der Waals surface area contributed by atoms with Gasteiger partial charge in [0.05, 0.1) is 14.2 Å². The topological polar surface area (TPSA) is 44.5 Å². The second-order valence-corrected chi connectivity index (χ2v) is 3.62. The Morgan fingerprint density at radius 2 is 1.81 bits per heavy atom. The molecule has 0 saturated heterocycles. The zero-order chi connectivity index (χ0) is 12.1. The van der Waals surface area contributed by atoms with Crippen molar-refractivity contribution >= 4 is 0 Å². The molecule has 0 spiro atoms. The lowest BCUT2D eigenvalue weighted by atomic mass is 10.0. The monoisotopic (exact) mass is 227 g/mol. The summed E-state index contributed by atoms with van der Waals surface area (Å²) in [4.78, 5) is 0. The number of ether oxygens (including phenoxy) is 2. The summed E-state index contributed by atoms with van der Waals surface area (Å²) in [6.45, 7) is 2.01. The standard InChI is InChI=1S/C12H18FNO2/c1-4-5-10(14)8-6-11(15-2)12(16-3)7-9(8)13/h6-7,10H,4-5,14H2,1-3H3. The fraction of sp³-hybridized carbons (Fsp3) is 0.500. The molecule has 2 N–H and O–H groups in total. The van der Waals surface area contributed by atoms with Crippen LogP contribution in [0.4, 0.5) is 4.39 Å². The average Bonchev–Trinajstić information content (AvgIpc) is 2.28. The van der Waals surface area contributed by atoms with Crippen LogP contribution in [0.3, 0.4) is 0 Å². The lowest BCUT2D eigenvalue weighted by Crippen LogP contribution is -2.12. The first-order valence-electron chi connectivity index (χ1n) is 5.31. The Labute approximate surface area is 95.4 Å². The predicted octanol–water partition coefficient (Wildman–Crippen LogP) is 2.64. The van der Waals surface area contributed by atoms with Crippen LogP contribution in [0.25, 0.3) is 0 Å². The highest BCUT2D eigenvalue weighted by atomic mass is 19.1. The summed E-state index contributed by atoms with van der Waals surface area (Å²) in [7, 11) is 2.99. The van der Waals surface area contributed by atoms with Crippen LogP contribution in [-0.2, 0) is 0 Å². The maximum absolute atomic E-state index is 13.7. The Kier molecular flexibility index (Phi) is 4.55. The molecule has 0 radical (unpaired) electrons. The van der Waals surface area contributed by atoms with Crippen molar-refractivity contribution in [2.24, 2.45) is 5.73 Å². The molecule has 0 heterocycles. The van der Waals surface area contributed by atoms with Gasteiger partial charge in [0, 0.05) is 17.7 Å². The van der Waals surface area contributed by atoms with Crippen molar-refractivity contribution in [3.8, 4) is 11.5 Å². The number of methoxy groups -OCH3 is 2. The molecule has 1 aromatic rings. The van der Waals surface area contributed by atoms with Crippen LogP contribution in [0.2, 0.25) is 0 Å². The van der Waals surface area contributed by atoms with Gasteiger partial charge < -0.3 is 15.2 Å². The molecule has 0 aliphatic heterocycles. The lowest BCUT2D eigenvalue weighted by Gasteiger charge is -2.15. The van der Waals surface area contributed by atoms with Gasteiger partial charge in [-0.1, -0.05) is 13.3 Å². The first kappa shape index (κ1) is 12.8. The first-order valence-corrected chi connectivity index (χ1v) is 5.31. The summed E-state index contributed by atoms with van der Waals surface area (Å²) in [6, 6.07) is 2.61. The number of rotatable bonds is 5. The lowest BCUT2D eigenvalue weighted by molar-refractivity contribution is 0.350. The van der Waals surface area contributed by atoms with Crippen LogP contribution in [0.15, 0.2) is 12.1 Å². The molecule has 0 fully saturated rings. The van der Waals surface area contributed by atoms with Crippen LogP contribution in [0.5, 0.6) is 11.5 Å². The molecule has 3 nitrogen and oxygen atoms in total. The molecule has 0 bridgehead atoms. The van der Waals surface area contributed by atoms with E-state index in [9.17, 15) is 4.39 Å². The molecule has 0 amide bonds. The third-order valence-corrected chi connectivity index (χ3v) is 2.50. The second kappa shape index (κ2) is 5.70. The number of halogens is 1. The molecule has 1 rings (SSSR count). The van der Waals surface area contributed by atoms with Crippen LogP contribution in [-0.4, -0.2) is 14.2 Å². The summed E-state index contributed by atoms with van der Waals surface area (Å²) in [5.74, 6) is 0.538. The molecular formula is C12H18FNO2. The largest absolute Gasteiger partial charge is 0.493 e. The summed E-state index contributed by atoms with van der Waals surface area (Å²) in [6.07, 6.45) is 1.65. The number of hydrogen-bond donors (Lipinski definition) is 1. The molecule has 1 aromatic carbocycles. The Hall–Kier alpha value is -1.29. The van der Waals surface area contributed by atoms with Crippen molar-refractivity contribution in [1.29, 1.82) is 0 Å². The van der Waals surface area contributed by atoms with Gasteiger partial charge in [0.2, 0.25) is 0 Å². The fourth-order valence-electron chi connectivity index (χ4n) is 1.62. The maximum Gasteiger partial charge on any atom is 0.163 e. The van der Waals surface area contributed by atoms with E-state index in [1.165, 1.54) is 20.3 Å². The summed E-state index contributed by atoms with van der Waals surface area (Å²) in [5, 5.41) is 0. The quantitative estimate of drug-likeness (QED) is 0.841. The Bertz CT molecular complexity index is 355. The van der Waals surface area contributed by atoms with Gasteiger partial charge in [0.25, 0.3) is 0 Å². The van der Waals surface area contributed by atoms with E-state index in [2.05, 4.69) is 0 Å². The molecule has 0 aliphatic rings. The number of benzene rings is 1. The van der Waals surface area contributed by atoms with Crippen molar-refractivity contribution in [2.75, 3.05) is 14.2 Å². The van der Waals surface area contributed by atoms with Gasteiger partial charge >= 0.3 is 0 Å². The van der Waals surface area contributed by atoms with E-state index in [4.69, 9.17) is 15.2 Å². The van der Waals surface area contributed by atoms with E-state index in [-0.39, 0.29) is 11.9 Å².